The van der Waals surface area contributed by atoms with Crippen LogP contribution in [-0.4, -0.2) is 24.5 Å². The summed E-state index contributed by atoms with van der Waals surface area (Å²) in [5, 5.41) is 2.97. The molecule has 0 fully saturated rings. The van der Waals surface area contributed by atoms with Gasteiger partial charge in [-0.2, -0.15) is 0 Å². The van der Waals surface area contributed by atoms with Crippen molar-refractivity contribution in [3.05, 3.63) is 23.3 Å². The summed E-state index contributed by atoms with van der Waals surface area (Å²) in [6.45, 7) is 5.07. The Morgan fingerprint density at radius 2 is 1.89 bits per heavy atom. The number of aryl methyl sites for hydroxylation is 1. The Kier molecular flexibility index (Phi) is 4.04. The summed E-state index contributed by atoms with van der Waals surface area (Å²) in [5.74, 6) is -1.03. The SMILES string of the molecule is COC(=O)c1cc(NC(C)(C)C(N)=O)cc(C)c1N. The number of nitrogen functional groups attached to an aromatic ring is 1. The summed E-state index contributed by atoms with van der Waals surface area (Å²) in [5.41, 5.74) is 12.1. The Hall–Kier alpha value is -2.24. The Bertz CT molecular complexity index is 524. The molecule has 0 saturated heterocycles. The molecule has 1 amide bonds. The Morgan fingerprint density at radius 1 is 1.32 bits per heavy atom. The van der Waals surface area contributed by atoms with Gasteiger partial charge in [0.15, 0.2) is 0 Å². The molecule has 0 atom stereocenters. The molecule has 1 rings (SSSR count). The Morgan fingerprint density at radius 3 is 2.37 bits per heavy atom. The monoisotopic (exact) mass is 265 g/mol. The quantitative estimate of drug-likeness (QED) is 0.557. The molecule has 5 N–H and O–H groups in total. The van der Waals surface area contributed by atoms with E-state index < -0.39 is 17.4 Å². The highest BCUT2D eigenvalue weighted by Crippen LogP contribution is 2.25. The standard InChI is InChI=1S/C13H19N3O3/c1-7-5-8(16-13(2,3)12(15)18)6-9(10(7)14)11(17)19-4/h5-6,16H,14H2,1-4H3,(H2,15,18). The van der Waals surface area contributed by atoms with Gasteiger partial charge < -0.3 is 21.5 Å². The zero-order valence-electron chi connectivity index (χ0n) is 11.5. The fourth-order valence-electron chi connectivity index (χ4n) is 1.57. The van der Waals surface area contributed by atoms with Crippen LogP contribution in [0.2, 0.25) is 0 Å². The van der Waals surface area contributed by atoms with E-state index in [1.807, 2.05) is 0 Å². The van der Waals surface area contributed by atoms with Gasteiger partial charge in [0.05, 0.1) is 12.7 Å². The minimum atomic E-state index is -0.935. The molecule has 104 valence electrons. The smallest absolute Gasteiger partial charge is 0.340 e. The topological polar surface area (TPSA) is 107 Å². The van der Waals surface area contributed by atoms with Gasteiger partial charge in [-0.25, -0.2) is 4.79 Å². The maximum Gasteiger partial charge on any atom is 0.340 e. The van der Waals surface area contributed by atoms with Gasteiger partial charge in [0.1, 0.15) is 5.54 Å². The van der Waals surface area contributed by atoms with Gasteiger partial charge >= 0.3 is 5.97 Å². The van der Waals surface area contributed by atoms with Crippen molar-refractivity contribution in [2.75, 3.05) is 18.2 Å². The molecule has 1 aromatic rings. The second-order valence-corrected chi connectivity index (χ2v) is 4.86. The minimum Gasteiger partial charge on any atom is -0.465 e. The predicted molar refractivity (Wildman–Crippen MR) is 73.8 cm³/mol. The Labute approximate surface area is 112 Å². The minimum absolute atomic E-state index is 0.255. The number of carbonyl (C=O) groups is 2. The first-order valence-electron chi connectivity index (χ1n) is 5.75. The van der Waals surface area contributed by atoms with Gasteiger partial charge in [-0.1, -0.05) is 0 Å². The van der Waals surface area contributed by atoms with Crippen molar-refractivity contribution in [3.8, 4) is 0 Å². The number of primary amides is 1. The average molecular weight is 265 g/mol. The second-order valence-electron chi connectivity index (χ2n) is 4.86. The molecule has 0 bridgehead atoms. The lowest BCUT2D eigenvalue weighted by Crippen LogP contribution is -2.45. The van der Waals surface area contributed by atoms with Crippen LogP contribution in [0, 0.1) is 6.92 Å². The molecule has 0 aliphatic carbocycles. The van der Waals surface area contributed by atoms with Gasteiger partial charge in [0.2, 0.25) is 5.91 Å². The van der Waals surface area contributed by atoms with Crippen LogP contribution in [0.3, 0.4) is 0 Å². The molecule has 0 radical (unpaired) electrons. The number of nitrogens with two attached hydrogens (primary N) is 2. The number of carbonyl (C=O) groups excluding carboxylic acids is 2. The van der Waals surface area contributed by atoms with E-state index in [0.29, 0.717) is 16.9 Å². The fourth-order valence-corrected chi connectivity index (χ4v) is 1.57. The van der Waals surface area contributed by atoms with Crippen molar-refractivity contribution in [3.63, 3.8) is 0 Å². The number of amides is 1. The normalized spacial score (nSPS) is 10.9. The van der Waals surface area contributed by atoms with Crippen LogP contribution in [0.15, 0.2) is 12.1 Å². The van der Waals surface area contributed by atoms with E-state index in [1.54, 1.807) is 32.9 Å². The molecule has 1 aromatic carbocycles. The number of esters is 1. The lowest BCUT2D eigenvalue weighted by molar-refractivity contribution is -0.121. The summed E-state index contributed by atoms with van der Waals surface area (Å²) in [7, 11) is 1.28. The molecule has 19 heavy (non-hydrogen) atoms. The lowest BCUT2D eigenvalue weighted by atomic mass is 10.0. The Balaban J connectivity index is 3.21. The van der Waals surface area contributed by atoms with Gasteiger partial charge in [0.25, 0.3) is 0 Å². The zero-order chi connectivity index (χ0) is 14.8. The summed E-state index contributed by atoms with van der Waals surface area (Å²) in [6.07, 6.45) is 0. The number of nitrogens with one attached hydrogen (secondary N) is 1. The van der Waals surface area contributed by atoms with E-state index in [0.717, 1.165) is 0 Å². The fraction of sp³-hybridized carbons (Fsp3) is 0.385. The highest BCUT2D eigenvalue weighted by Gasteiger charge is 2.25. The van der Waals surface area contributed by atoms with E-state index in [9.17, 15) is 9.59 Å². The molecule has 0 unspecified atom stereocenters. The van der Waals surface area contributed by atoms with Crippen molar-refractivity contribution in [1.29, 1.82) is 0 Å². The van der Waals surface area contributed by atoms with Crippen molar-refractivity contribution in [2.45, 2.75) is 26.3 Å². The van der Waals surface area contributed by atoms with Crippen molar-refractivity contribution in [1.82, 2.24) is 0 Å². The van der Waals surface area contributed by atoms with E-state index in [-0.39, 0.29) is 5.56 Å². The first kappa shape index (κ1) is 14.8. The summed E-state index contributed by atoms with van der Waals surface area (Å²) in [6, 6.07) is 3.28. The van der Waals surface area contributed by atoms with E-state index in [1.165, 1.54) is 7.11 Å². The largest absolute Gasteiger partial charge is 0.465 e. The molecular weight excluding hydrogens is 246 g/mol. The second kappa shape index (κ2) is 5.17. The molecule has 6 heteroatoms. The van der Waals surface area contributed by atoms with Gasteiger partial charge in [-0.3, -0.25) is 4.79 Å². The third-order valence-corrected chi connectivity index (χ3v) is 2.87. The number of rotatable bonds is 4. The average Bonchev–Trinajstić information content (AvgIpc) is 2.31. The first-order chi connectivity index (χ1) is 8.69. The number of anilines is 2. The third kappa shape index (κ3) is 3.15. The molecule has 0 heterocycles. The molecular formula is C13H19N3O3. The van der Waals surface area contributed by atoms with Gasteiger partial charge in [-0.05, 0) is 38.5 Å². The molecule has 0 aliphatic rings. The van der Waals surface area contributed by atoms with Crippen molar-refractivity contribution in [2.24, 2.45) is 5.73 Å². The van der Waals surface area contributed by atoms with Gasteiger partial charge in [-0.15, -0.1) is 0 Å². The molecule has 6 nitrogen and oxygen atoms in total. The van der Waals surface area contributed by atoms with Crippen molar-refractivity contribution >= 4 is 23.3 Å². The summed E-state index contributed by atoms with van der Waals surface area (Å²) >= 11 is 0. The maximum atomic E-state index is 11.6. The number of benzene rings is 1. The third-order valence-electron chi connectivity index (χ3n) is 2.87. The van der Waals surface area contributed by atoms with Crippen LogP contribution in [0.1, 0.15) is 29.8 Å². The molecule has 0 aliphatic heterocycles. The number of hydrogen-bond donors (Lipinski definition) is 3. The highest BCUT2D eigenvalue weighted by molar-refractivity contribution is 5.97. The molecule has 0 aromatic heterocycles. The van der Waals surface area contributed by atoms with Crippen LogP contribution in [0.25, 0.3) is 0 Å². The highest BCUT2D eigenvalue weighted by atomic mass is 16.5. The van der Waals surface area contributed by atoms with Crippen LogP contribution in [0.4, 0.5) is 11.4 Å². The van der Waals surface area contributed by atoms with Crippen LogP contribution in [-0.2, 0) is 9.53 Å². The zero-order valence-corrected chi connectivity index (χ0v) is 11.5. The molecule has 0 saturated carbocycles. The van der Waals surface area contributed by atoms with Crippen LogP contribution in [0.5, 0.6) is 0 Å². The summed E-state index contributed by atoms with van der Waals surface area (Å²) in [4.78, 5) is 22.9. The van der Waals surface area contributed by atoms with Crippen molar-refractivity contribution < 1.29 is 14.3 Å². The predicted octanol–water partition coefficient (Wildman–Crippen LogP) is 1.04. The number of ether oxygens (including phenoxy) is 1. The van der Waals surface area contributed by atoms with E-state index in [2.05, 4.69) is 10.1 Å². The van der Waals surface area contributed by atoms with Gasteiger partial charge in [0, 0.05) is 11.4 Å². The number of hydrogen-bond acceptors (Lipinski definition) is 5. The van der Waals surface area contributed by atoms with Crippen LogP contribution < -0.4 is 16.8 Å². The van der Waals surface area contributed by atoms with E-state index >= 15 is 0 Å². The summed E-state index contributed by atoms with van der Waals surface area (Å²) < 4.78 is 4.67. The number of methoxy groups -OCH3 is 1. The van der Waals surface area contributed by atoms with E-state index in [4.69, 9.17) is 11.5 Å². The van der Waals surface area contributed by atoms with Crippen LogP contribution >= 0.6 is 0 Å². The molecule has 0 spiro atoms. The lowest BCUT2D eigenvalue weighted by Gasteiger charge is -2.24. The maximum absolute atomic E-state index is 11.6. The first-order valence-corrected chi connectivity index (χ1v) is 5.75.